The maximum absolute atomic E-state index is 11.8. The molecule has 1 N–H and O–H groups in total. The van der Waals surface area contributed by atoms with E-state index < -0.39 is 8.32 Å². The van der Waals surface area contributed by atoms with Crippen LogP contribution >= 0.6 is 0 Å². The summed E-state index contributed by atoms with van der Waals surface area (Å²) >= 11 is 0. The van der Waals surface area contributed by atoms with Gasteiger partial charge in [0.15, 0.2) is 0 Å². The zero-order chi connectivity index (χ0) is 23.3. The van der Waals surface area contributed by atoms with Gasteiger partial charge < -0.3 is 14.3 Å². The maximum atomic E-state index is 11.8. The van der Waals surface area contributed by atoms with Crippen LogP contribution in [-0.2, 0) is 9.16 Å². The molecule has 4 heteroatoms. The Morgan fingerprint density at radius 3 is 2.19 bits per heavy atom. The number of ether oxygens (including phenoxy) is 1. The van der Waals surface area contributed by atoms with Gasteiger partial charge in [-0.2, -0.15) is 0 Å². The summed E-state index contributed by atoms with van der Waals surface area (Å²) in [5, 5.41) is 11.8. The largest absolute Gasteiger partial charge is 0.413 e. The number of hydrogen-bond donors (Lipinski definition) is 1. The molecule has 182 valence electrons. The first-order chi connectivity index (χ1) is 15.0. The van der Waals surface area contributed by atoms with E-state index in [9.17, 15) is 5.11 Å². The third-order valence-electron chi connectivity index (χ3n) is 11.7. The summed E-state index contributed by atoms with van der Waals surface area (Å²) in [6.07, 6.45) is 11.0. The molecule has 32 heavy (non-hydrogen) atoms. The van der Waals surface area contributed by atoms with E-state index >= 15 is 0 Å². The number of fused-ring (bicyclic) bond motifs is 3. The van der Waals surface area contributed by atoms with Crippen LogP contribution in [0, 0.1) is 34.5 Å². The summed E-state index contributed by atoms with van der Waals surface area (Å²) < 4.78 is 13.3. The molecule has 1 saturated heterocycles. The van der Waals surface area contributed by atoms with Crippen molar-refractivity contribution in [3.8, 4) is 0 Å². The third kappa shape index (κ3) is 2.76. The van der Waals surface area contributed by atoms with Crippen molar-refractivity contribution in [1.29, 1.82) is 0 Å². The van der Waals surface area contributed by atoms with E-state index in [2.05, 4.69) is 67.5 Å². The third-order valence-corrected chi connectivity index (χ3v) is 17.9. The molecule has 1 aliphatic heterocycles. The minimum atomic E-state index is -1.91. The van der Waals surface area contributed by atoms with Gasteiger partial charge in [-0.05, 0) is 71.9 Å². The quantitative estimate of drug-likeness (QED) is 0.281. The Hall–Kier alpha value is -0.163. The van der Waals surface area contributed by atoms with Gasteiger partial charge in [0.05, 0.1) is 18.3 Å². The molecule has 2 spiro atoms. The van der Waals surface area contributed by atoms with Crippen LogP contribution in [0.5, 0.6) is 0 Å². The molecule has 5 rings (SSSR count). The Kier molecular flexibility index (Phi) is 5.46. The summed E-state index contributed by atoms with van der Waals surface area (Å²) in [6.45, 7) is 20.3. The fourth-order valence-corrected chi connectivity index (χ4v) is 15.8. The lowest BCUT2D eigenvalue weighted by molar-refractivity contribution is -0.172. The van der Waals surface area contributed by atoms with Gasteiger partial charge in [-0.1, -0.05) is 67.5 Å². The minimum Gasteiger partial charge on any atom is -0.413 e. The second kappa shape index (κ2) is 7.42. The summed E-state index contributed by atoms with van der Waals surface area (Å²) in [6, 6.07) is 0. The number of epoxide rings is 1. The molecule has 0 aromatic carbocycles. The van der Waals surface area contributed by atoms with Crippen LogP contribution in [0.25, 0.3) is 0 Å². The molecule has 5 aliphatic rings. The topological polar surface area (TPSA) is 42.0 Å². The Bertz CT molecular complexity index is 749. The van der Waals surface area contributed by atoms with Crippen LogP contribution in [0.3, 0.4) is 0 Å². The van der Waals surface area contributed by atoms with Crippen molar-refractivity contribution in [2.45, 2.75) is 122 Å². The predicted octanol–water partition coefficient (Wildman–Crippen LogP) is 6.72. The smallest absolute Gasteiger partial charge is 0.200 e. The number of hydrogen-bond acceptors (Lipinski definition) is 3. The van der Waals surface area contributed by atoms with Crippen LogP contribution in [0.1, 0.15) is 87.5 Å². The van der Waals surface area contributed by atoms with Crippen LogP contribution < -0.4 is 0 Å². The highest BCUT2D eigenvalue weighted by molar-refractivity contribution is 6.77. The molecule has 3 saturated carbocycles. The van der Waals surface area contributed by atoms with Gasteiger partial charge in [0.25, 0.3) is 0 Å². The zero-order valence-electron chi connectivity index (χ0n) is 21.9. The van der Waals surface area contributed by atoms with E-state index in [0.29, 0.717) is 46.4 Å². The van der Waals surface area contributed by atoms with Gasteiger partial charge in [-0.3, -0.25) is 0 Å². The molecule has 1 heterocycles. The molecule has 4 fully saturated rings. The zero-order valence-corrected chi connectivity index (χ0v) is 22.9. The molecule has 0 aromatic rings. The predicted molar refractivity (Wildman–Crippen MR) is 133 cm³/mol. The number of rotatable bonds is 5. The lowest BCUT2D eigenvalue weighted by Crippen LogP contribution is -2.62. The molecule has 0 aromatic heterocycles. The van der Waals surface area contributed by atoms with Crippen molar-refractivity contribution in [2.75, 3.05) is 6.61 Å². The average Bonchev–Trinajstić information content (AvgIpc) is 3.45. The molecular weight excluding hydrogens is 412 g/mol. The number of allylic oxidation sites excluding steroid dienone is 2. The molecule has 9 atom stereocenters. The van der Waals surface area contributed by atoms with Gasteiger partial charge in [0.2, 0.25) is 8.32 Å². The molecular formula is C28H48O3Si. The minimum absolute atomic E-state index is 0.0185. The van der Waals surface area contributed by atoms with Gasteiger partial charge >= 0.3 is 0 Å². The van der Waals surface area contributed by atoms with E-state index in [-0.39, 0.29) is 22.5 Å². The van der Waals surface area contributed by atoms with Crippen molar-refractivity contribution in [1.82, 2.24) is 0 Å². The molecule has 0 radical (unpaired) electrons. The molecule has 2 bridgehead atoms. The highest BCUT2D eigenvalue weighted by Gasteiger charge is 2.74. The van der Waals surface area contributed by atoms with Crippen LogP contribution in [0.4, 0.5) is 0 Å². The Balaban J connectivity index is 1.45. The summed E-state index contributed by atoms with van der Waals surface area (Å²) in [5.41, 5.74) is 2.09. The second-order valence-electron chi connectivity index (χ2n) is 13.5. The van der Waals surface area contributed by atoms with E-state index in [0.717, 1.165) is 32.3 Å². The molecule has 0 amide bonds. The Labute approximate surface area is 197 Å². The molecule has 0 unspecified atom stereocenters. The highest BCUT2D eigenvalue weighted by Crippen LogP contribution is 2.74. The fourth-order valence-electron chi connectivity index (χ4n) is 10.1. The Morgan fingerprint density at radius 2 is 1.62 bits per heavy atom. The van der Waals surface area contributed by atoms with Crippen molar-refractivity contribution in [3.63, 3.8) is 0 Å². The van der Waals surface area contributed by atoms with Gasteiger partial charge in [0, 0.05) is 17.4 Å². The SMILES string of the molecule is CC(C)[Si](O[C@H]1CC[C@@]2(C)[C@@H](C=C[C@@H]3C[C@@H]4[C@@H](O)[C@@]32CC[C@]42CO2)[C@@H]1C)(C(C)C)C(C)C. The molecule has 3 nitrogen and oxygen atoms in total. The van der Waals surface area contributed by atoms with Gasteiger partial charge in [-0.25, -0.2) is 0 Å². The van der Waals surface area contributed by atoms with Gasteiger partial charge in [-0.15, -0.1) is 0 Å². The normalized spacial score (nSPS) is 49.8. The second-order valence-corrected chi connectivity index (χ2v) is 18.9. The Morgan fingerprint density at radius 1 is 1.00 bits per heavy atom. The van der Waals surface area contributed by atoms with Crippen molar-refractivity contribution >= 4 is 8.32 Å². The standard InChI is InChI=1S/C28H48O3Si/c1-17(2)32(18(3)4,19(5)6)31-24-11-12-26(8)22(20(24)7)10-9-21-15-23-25(29)28(21,26)14-13-27(23)16-30-27/h9-10,17-25,29H,11-16H2,1-8H3/t20-,21+,22-,23+,24-,25+,26-,27-,28+/m0/s1. The van der Waals surface area contributed by atoms with Gasteiger partial charge in [0.1, 0.15) is 0 Å². The first kappa shape index (κ1) is 23.6. The van der Waals surface area contributed by atoms with E-state index in [1.807, 2.05) is 0 Å². The highest BCUT2D eigenvalue weighted by atomic mass is 28.4. The van der Waals surface area contributed by atoms with E-state index in [4.69, 9.17) is 9.16 Å². The van der Waals surface area contributed by atoms with Crippen molar-refractivity contribution in [3.05, 3.63) is 12.2 Å². The molecule has 4 aliphatic carbocycles. The summed E-state index contributed by atoms with van der Waals surface area (Å²) in [4.78, 5) is 0. The van der Waals surface area contributed by atoms with E-state index in [1.165, 1.54) is 6.42 Å². The van der Waals surface area contributed by atoms with E-state index in [1.54, 1.807) is 0 Å². The van der Waals surface area contributed by atoms with Crippen molar-refractivity contribution in [2.24, 2.45) is 34.5 Å². The van der Waals surface area contributed by atoms with Crippen molar-refractivity contribution < 1.29 is 14.3 Å². The van der Waals surface area contributed by atoms with Crippen LogP contribution in [-0.4, -0.2) is 37.8 Å². The maximum Gasteiger partial charge on any atom is 0.200 e. The monoisotopic (exact) mass is 460 g/mol. The van der Waals surface area contributed by atoms with Crippen LogP contribution in [0.15, 0.2) is 12.2 Å². The first-order valence-electron chi connectivity index (χ1n) is 13.6. The number of aliphatic hydroxyl groups is 1. The lowest BCUT2D eigenvalue weighted by atomic mass is 9.43. The first-order valence-corrected chi connectivity index (χ1v) is 15.8. The lowest BCUT2D eigenvalue weighted by Gasteiger charge is -2.63. The fraction of sp³-hybridized carbons (Fsp3) is 0.929. The van der Waals surface area contributed by atoms with Crippen LogP contribution in [0.2, 0.25) is 16.6 Å². The summed E-state index contributed by atoms with van der Waals surface area (Å²) in [7, 11) is -1.91. The average molecular weight is 461 g/mol. The number of aliphatic hydroxyl groups excluding tert-OH is 1. The summed E-state index contributed by atoms with van der Waals surface area (Å²) in [5.74, 6) is 1.86.